The molecule has 0 aliphatic carbocycles. The van der Waals surface area contributed by atoms with Gasteiger partial charge in [-0.3, -0.25) is 0 Å². The van der Waals surface area contributed by atoms with Crippen molar-refractivity contribution in [2.24, 2.45) is 5.41 Å². The molecule has 1 atom stereocenters. The fourth-order valence-corrected chi connectivity index (χ4v) is 3.34. The third kappa shape index (κ3) is 2.33. The van der Waals surface area contributed by atoms with E-state index in [1.165, 1.54) is 36.8 Å². The smallest absolute Gasteiger partial charge is 0.0484 e. The predicted octanol–water partition coefficient (Wildman–Crippen LogP) is 4.26. The molecular weight excluding hydrogens is 218 g/mol. The van der Waals surface area contributed by atoms with Crippen molar-refractivity contribution in [2.45, 2.75) is 58.9 Å². The van der Waals surface area contributed by atoms with E-state index in [1.54, 1.807) is 0 Å². The topological polar surface area (TPSA) is 12.0 Å². The van der Waals surface area contributed by atoms with E-state index in [4.69, 9.17) is 0 Å². The summed E-state index contributed by atoms with van der Waals surface area (Å²) in [7, 11) is 0. The van der Waals surface area contributed by atoms with Gasteiger partial charge in [-0.05, 0) is 42.3 Å². The van der Waals surface area contributed by atoms with Gasteiger partial charge in [0, 0.05) is 5.54 Å². The van der Waals surface area contributed by atoms with E-state index >= 15 is 0 Å². The molecule has 2 rings (SSSR count). The van der Waals surface area contributed by atoms with E-state index in [-0.39, 0.29) is 11.0 Å². The van der Waals surface area contributed by atoms with Crippen LogP contribution in [-0.2, 0) is 12.0 Å². The maximum atomic E-state index is 3.80. The van der Waals surface area contributed by atoms with Crippen molar-refractivity contribution in [3.8, 4) is 0 Å². The number of aryl methyl sites for hydroxylation is 1. The Morgan fingerprint density at radius 1 is 1.28 bits per heavy atom. The average Bonchev–Trinajstić information content (AvgIpc) is 2.79. The predicted molar refractivity (Wildman–Crippen MR) is 78.8 cm³/mol. The van der Waals surface area contributed by atoms with Gasteiger partial charge in [0.05, 0.1) is 0 Å². The molecule has 0 spiro atoms. The summed E-state index contributed by atoms with van der Waals surface area (Å²) in [6.07, 6.45) is 4.95. The quantitative estimate of drug-likeness (QED) is 0.839. The molecule has 0 aromatic heterocycles. The number of benzene rings is 1. The van der Waals surface area contributed by atoms with Crippen molar-refractivity contribution in [3.63, 3.8) is 0 Å². The molecule has 1 aromatic carbocycles. The largest absolute Gasteiger partial charge is 0.307 e. The van der Waals surface area contributed by atoms with Crippen molar-refractivity contribution in [1.29, 1.82) is 0 Å². The standard InChI is InChI=1S/C17H27N/c1-5-8-14-9-6-10-15(13-14)17(16(2,3)4)11-7-12-18-17/h6,9-10,13,18H,5,7-8,11-12H2,1-4H3. The minimum absolute atomic E-state index is 0.163. The van der Waals surface area contributed by atoms with Crippen molar-refractivity contribution >= 4 is 0 Å². The molecule has 1 N–H and O–H groups in total. The first-order chi connectivity index (χ1) is 8.49. The highest BCUT2D eigenvalue weighted by Crippen LogP contribution is 2.45. The Labute approximate surface area is 112 Å². The second-order valence-corrected chi connectivity index (χ2v) is 6.64. The van der Waals surface area contributed by atoms with E-state index in [9.17, 15) is 0 Å². The monoisotopic (exact) mass is 245 g/mol. The summed E-state index contributed by atoms with van der Waals surface area (Å²) in [5, 5.41) is 3.80. The third-order valence-corrected chi connectivity index (χ3v) is 4.39. The zero-order chi connectivity index (χ0) is 13.2. The number of hydrogen-bond donors (Lipinski definition) is 1. The molecule has 100 valence electrons. The van der Waals surface area contributed by atoms with Crippen LogP contribution in [0, 0.1) is 5.41 Å². The van der Waals surface area contributed by atoms with Gasteiger partial charge in [0.1, 0.15) is 0 Å². The molecule has 0 bridgehead atoms. The Morgan fingerprint density at radius 3 is 2.61 bits per heavy atom. The van der Waals surface area contributed by atoms with Crippen LogP contribution in [0.5, 0.6) is 0 Å². The first-order valence-corrected chi connectivity index (χ1v) is 7.34. The number of hydrogen-bond acceptors (Lipinski definition) is 1. The van der Waals surface area contributed by atoms with Gasteiger partial charge in [-0.15, -0.1) is 0 Å². The molecule has 1 aromatic rings. The Morgan fingerprint density at radius 2 is 2.06 bits per heavy atom. The van der Waals surface area contributed by atoms with Crippen LogP contribution in [0.2, 0.25) is 0 Å². The molecule has 18 heavy (non-hydrogen) atoms. The van der Waals surface area contributed by atoms with Gasteiger partial charge in [-0.2, -0.15) is 0 Å². The number of rotatable bonds is 3. The van der Waals surface area contributed by atoms with Gasteiger partial charge < -0.3 is 5.32 Å². The summed E-state index contributed by atoms with van der Waals surface area (Å²) >= 11 is 0. The van der Waals surface area contributed by atoms with Gasteiger partial charge >= 0.3 is 0 Å². The fraction of sp³-hybridized carbons (Fsp3) is 0.647. The lowest BCUT2D eigenvalue weighted by Crippen LogP contribution is -2.48. The first-order valence-electron chi connectivity index (χ1n) is 7.34. The molecule has 1 heterocycles. The Hall–Kier alpha value is -0.820. The fourth-order valence-electron chi connectivity index (χ4n) is 3.34. The van der Waals surface area contributed by atoms with Gasteiger partial charge in [0.25, 0.3) is 0 Å². The van der Waals surface area contributed by atoms with Crippen molar-refractivity contribution < 1.29 is 0 Å². The molecule has 1 nitrogen and oxygen atoms in total. The van der Waals surface area contributed by atoms with E-state index in [1.807, 2.05) is 0 Å². The zero-order valence-corrected chi connectivity index (χ0v) is 12.3. The molecule has 1 fully saturated rings. The molecule has 1 aliphatic rings. The summed E-state index contributed by atoms with van der Waals surface area (Å²) in [6, 6.07) is 9.22. The highest BCUT2D eigenvalue weighted by molar-refractivity contribution is 5.32. The summed E-state index contributed by atoms with van der Waals surface area (Å²) in [4.78, 5) is 0. The van der Waals surface area contributed by atoms with Crippen LogP contribution >= 0.6 is 0 Å². The lowest BCUT2D eigenvalue weighted by Gasteiger charge is -2.43. The van der Waals surface area contributed by atoms with E-state index < -0.39 is 0 Å². The van der Waals surface area contributed by atoms with Gasteiger partial charge in [-0.25, -0.2) is 0 Å². The molecular formula is C17H27N. The molecule has 0 radical (unpaired) electrons. The van der Waals surface area contributed by atoms with E-state index in [0.717, 1.165) is 6.54 Å². The van der Waals surface area contributed by atoms with Crippen molar-refractivity contribution in [3.05, 3.63) is 35.4 Å². The maximum Gasteiger partial charge on any atom is 0.0484 e. The molecule has 1 heteroatoms. The summed E-state index contributed by atoms with van der Waals surface area (Å²) in [5.74, 6) is 0. The third-order valence-electron chi connectivity index (χ3n) is 4.39. The lowest BCUT2D eigenvalue weighted by molar-refractivity contribution is 0.160. The second kappa shape index (κ2) is 5.05. The van der Waals surface area contributed by atoms with Crippen LogP contribution in [-0.4, -0.2) is 6.54 Å². The molecule has 0 amide bonds. The Kier molecular flexibility index (Phi) is 3.82. The van der Waals surface area contributed by atoms with E-state index in [2.05, 4.69) is 57.3 Å². The lowest BCUT2D eigenvalue weighted by atomic mass is 9.68. The minimum Gasteiger partial charge on any atom is -0.307 e. The van der Waals surface area contributed by atoms with Crippen LogP contribution in [0.4, 0.5) is 0 Å². The van der Waals surface area contributed by atoms with Gasteiger partial charge in [0.2, 0.25) is 0 Å². The molecule has 1 unspecified atom stereocenters. The minimum atomic E-state index is 0.163. The van der Waals surface area contributed by atoms with Crippen LogP contribution in [0.15, 0.2) is 24.3 Å². The van der Waals surface area contributed by atoms with Crippen molar-refractivity contribution in [1.82, 2.24) is 5.32 Å². The van der Waals surface area contributed by atoms with Gasteiger partial charge in [-0.1, -0.05) is 58.4 Å². The van der Waals surface area contributed by atoms with Crippen LogP contribution < -0.4 is 5.32 Å². The second-order valence-electron chi connectivity index (χ2n) is 6.64. The van der Waals surface area contributed by atoms with Crippen LogP contribution in [0.1, 0.15) is 58.1 Å². The molecule has 0 saturated carbocycles. The first kappa shape index (κ1) is 13.6. The Balaban J connectivity index is 2.40. The highest BCUT2D eigenvalue weighted by atomic mass is 15.0. The molecule has 1 aliphatic heterocycles. The SMILES string of the molecule is CCCc1cccc(C2(C(C)(C)C)CCCN2)c1. The van der Waals surface area contributed by atoms with Crippen LogP contribution in [0.3, 0.4) is 0 Å². The maximum absolute atomic E-state index is 3.80. The zero-order valence-electron chi connectivity index (χ0n) is 12.3. The summed E-state index contributed by atoms with van der Waals surface area (Å²) in [6.45, 7) is 10.5. The average molecular weight is 245 g/mol. The summed E-state index contributed by atoms with van der Waals surface area (Å²) < 4.78 is 0. The Bertz CT molecular complexity index is 394. The number of nitrogens with one attached hydrogen (secondary N) is 1. The highest BCUT2D eigenvalue weighted by Gasteiger charge is 2.45. The van der Waals surface area contributed by atoms with Crippen molar-refractivity contribution in [2.75, 3.05) is 6.54 Å². The van der Waals surface area contributed by atoms with E-state index in [0.29, 0.717) is 0 Å². The normalized spacial score (nSPS) is 24.4. The summed E-state index contributed by atoms with van der Waals surface area (Å²) in [5.41, 5.74) is 3.39. The van der Waals surface area contributed by atoms with Gasteiger partial charge in [0.15, 0.2) is 0 Å². The van der Waals surface area contributed by atoms with Crippen LogP contribution in [0.25, 0.3) is 0 Å². The molecule has 1 saturated heterocycles.